The third-order valence-electron chi connectivity index (χ3n) is 4.30. The quantitative estimate of drug-likeness (QED) is 0.838. The average Bonchev–Trinajstić information content (AvgIpc) is 2.75. The van der Waals surface area contributed by atoms with Gasteiger partial charge in [0.05, 0.1) is 30.8 Å². The molecule has 2 atom stereocenters. The number of anilines is 1. The van der Waals surface area contributed by atoms with Crippen LogP contribution in [-0.2, 0) is 4.74 Å². The maximum absolute atomic E-state index is 5.62. The van der Waals surface area contributed by atoms with Crippen molar-refractivity contribution < 1.29 is 4.74 Å². The molecule has 2 fully saturated rings. The first kappa shape index (κ1) is 11.9. The van der Waals surface area contributed by atoms with E-state index in [1.807, 2.05) is 24.4 Å². The third kappa shape index (κ3) is 1.79. The molecule has 0 aliphatic carbocycles. The van der Waals surface area contributed by atoms with Gasteiger partial charge in [0.2, 0.25) is 5.95 Å². The van der Waals surface area contributed by atoms with Gasteiger partial charge in [-0.25, -0.2) is 9.97 Å². The van der Waals surface area contributed by atoms with Crippen molar-refractivity contribution in [3.8, 4) is 0 Å². The summed E-state index contributed by atoms with van der Waals surface area (Å²) in [6, 6.07) is 7.04. The zero-order valence-corrected chi connectivity index (χ0v) is 11.3. The molecule has 1 aromatic carbocycles. The van der Waals surface area contributed by atoms with E-state index in [1.165, 1.54) is 12.8 Å². The van der Waals surface area contributed by atoms with Crippen LogP contribution in [0.15, 0.2) is 31.0 Å². The second-order valence-corrected chi connectivity index (χ2v) is 5.52. The molecule has 2 saturated heterocycles. The minimum absolute atomic E-state index is 0.443. The van der Waals surface area contributed by atoms with E-state index in [-0.39, 0.29) is 0 Å². The van der Waals surface area contributed by atoms with Crippen molar-refractivity contribution in [1.82, 2.24) is 9.97 Å². The van der Waals surface area contributed by atoms with Crippen molar-refractivity contribution in [3.05, 3.63) is 36.5 Å². The highest BCUT2D eigenvalue weighted by atomic mass is 16.5. The molecule has 2 bridgehead atoms. The molecular formula is C16H17N3O. The Morgan fingerprint density at radius 1 is 1.25 bits per heavy atom. The molecule has 2 aliphatic rings. The fourth-order valence-corrected chi connectivity index (χ4v) is 3.25. The van der Waals surface area contributed by atoms with Gasteiger partial charge in [0.15, 0.2) is 0 Å². The van der Waals surface area contributed by atoms with E-state index in [4.69, 9.17) is 9.72 Å². The van der Waals surface area contributed by atoms with Crippen molar-refractivity contribution in [2.24, 2.45) is 0 Å². The minimum Gasteiger partial charge on any atom is -0.377 e. The summed E-state index contributed by atoms with van der Waals surface area (Å²) in [5.41, 5.74) is 2.09. The number of ether oxygens (including phenoxy) is 1. The van der Waals surface area contributed by atoms with E-state index in [2.05, 4.69) is 22.5 Å². The summed E-state index contributed by atoms with van der Waals surface area (Å²) in [6.07, 6.45) is 6.12. The first-order valence-electron chi connectivity index (χ1n) is 7.10. The number of hydrogen-bond acceptors (Lipinski definition) is 4. The maximum Gasteiger partial charge on any atom is 0.226 e. The lowest BCUT2D eigenvalue weighted by Crippen LogP contribution is -2.46. The van der Waals surface area contributed by atoms with Crippen molar-refractivity contribution in [2.75, 3.05) is 18.1 Å². The molecule has 102 valence electrons. The number of hydrogen-bond donors (Lipinski definition) is 0. The predicted octanol–water partition coefficient (Wildman–Crippen LogP) is 2.64. The van der Waals surface area contributed by atoms with E-state index in [0.29, 0.717) is 12.1 Å². The Balaban J connectivity index is 1.75. The minimum atomic E-state index is 0.443. The first-order chi connectivity index (χ1) is 9.85. The normalized spacial score (nSPS) is 25.1. The van der Waals surface area contributed by atoms with Crippen molar-refractivity contribution in [2.45, 2.75) is 24.9 Å². The largest absolute Gasteiger partial charge is 0.377 e. The van der Waals surface area contributed by atoms with E-state index in [1.54, 1.807) is 0 Å². The Morgan fingerprint density at radius 3 is 2.80 bits per heavy atom. The number of benzene rings is 1. The van der Waals surface area contributed by atoms with Crippen molar-refractivity contribution in [1.29, 1.82) is 0 Å². The molecular weight excluding hydrogens is 250 g/mol. The van der Waals surface area contributed by atoms with Gasteiger partial charge in [0.25, 0.3) is 0 Å². The Hall–Kier alpha value is -1.94. The molecule has 4 nitrogen and oxygen atoms in total. The number of morpholine rings is 1. The predicted molar refractivity (Wildman–Crippen MR) is 79.7 cm³/mol. The Kier molecular flexibility index (Phi) is 2.70. The molecule has 4 rings (SSSR count). The molecule has 0 saturated carbocycles. The standard InChI is InChI=1S/C16H17N3O/c1-2-11-3-6-15-12(7-11)8-17-16(18-15)19-13-4-5-14(19)10-20-9-13/h2-3,6-8,13-14H,1,4-5,9-10H2/t13-,14+. The van der Waals surface area contributed by atoms with Crippen LogP contribution < -0.4 is 4.90 Å². The lowest BCUT2D eigenvalue weighted by atomic mass is 10.1. The smallest absolute Gasteiger partial charge is 0.226 e. The van der Waals surface area contributed by atoms with Gasteiger partial charge in [-0.05, 0) is 30.5 Å². The summed E-state index contributed by atoms with van der Waals surface area (Å²) < 4.78 is 5.62. The molecule has 0 unspecified atom stereocenters. The SMILES string of the molecule is C=Cc1ccc2nc(N3[C@@H]4CC[C@H]3COC4)ncc2c1. The summed E-state index contributed by atoms with van der Waals surface area (Å²) in [7, 11) is 0. The van der Waals surface area contributed by atoms with Gasteiger partial charge in [-0.1, -0.05) is 18.7 Å². The van der Waals surface area contributed by atoms with Gasteiger partial charge >= 0.3 is 0 Å². The third-order valence-corrected chi connectivity index (χ3v) is 4.30. The molecule has 20 heavy (non-hydrogen) atoms. The highest BCUT2D eigenvalue weighted by Crippen LogP contribution is 2.32. The molecule has 3 heterocycles. The van der Waals surface area contributed by atoms with Crippen LogP contribution in [0.4, 0.5) is 5.95 Å². The molecule has 0 amide bonds. The average molecular weight is 267 g/mol. The van der Waals surface area contributed by atoms with Gasteiger partial charge < -0.3 is 9.64 Å². The maximum atomic E-state index is 5.62. The number of rotatable bonds is 2. The zero-order chi connectivity index (χ0) is 13.5. The van der Waals surface area contributed by atoms with E-state index in [9.17, 15) is 0 Å². The summed E-state index contributed by atoms with van der Waals surface area (Å²) >= 11 is 0. The lowest BCUT2D eigenvalue weighted by molar-refractivity contribution is 0.0898. The molecule has 2 aromatic rings. The fraction of sp³-hybridized carbons (Fsp3) is 0.375. The first-order valence-corrected chi connectivity index (χ1v) is 7.10. The summed E-state index contributed by atoms with van der Waals surface area (Å²) in [5.74, 6) is 0.847. The van der Waals surface area contributed by atoms with Gasteiger partial charge in [0.1, 0.15) is 0 Å². The van der Waals surface area contributed by atoms with Gasteiger partial charge in [0, 0.05) is 11.6 Å². The van der Waals surface area contributed by atoms with Crippen LogP contribution in [0.1, 0.15) is 18.4 Å². The molecule has 1 aromatic heterocycles. The van der Waals surface area contributed by atoms with Crippen LogP contribution >= 0.6 is 0 Å². The number of fused-ring (bicyclic) bond motifs is 3. The van der Waals surface area contributed by atoms with Gasteiger partial charge in [-0.2, -0.15) is 0 Å². The van der Waals surface area contributed by atoms with Gasteiger partial charge in [-0.3, -0.25) is 0 Å². The fourth-order valence-electron chi connectivity index (χ4n) is 3.25. The highest BCUT2D eigenvalue weighted by molar-refractivity contribution is 5.81. The number of aromatic nitrogens is 2. The van der Waals surface area contributed by atoms with Gasteiger partial charge in [-0.15, -0.1) is 0 Å². The Labute approximate surface area is 118 Å². The van der Waals surface area contributed by atoms with Crippen LogP contribution in [0.2, 0.25) is 0 Å². The van der Waals surface area contributed by atoms with Crippen LogP contribution in [0.25, 0.3) is 17.0 Å². The number of nitrogens with zero attached hydrogens (tertiary/aromatic N) is 3. The van der Waals surface area contributed by atoms with Crippen molar-refractivity contribution in [3.63, 3.8) is 0 Å². The van der Waals surface area contributed by atoms with E-state index < -0.39 is 0 Å². The summed E-state index contributed by atoms with van der Waals surface area (Å²) in [6.45, 7) is 5.39. The zero-order valence-electron chi connectivity index (χ0n) is 11.3. The molecule has 4 heteroatoms. The van der Waals surface area contributed by atoms with Crippen LogP contribution in [-0.4, -0.2) is 35.3 Å². The Morgan fingerprint density at radius 2 is 2.05 bits per heavy atom. The second kappa shape index (κ2) is 4.56. The lowest BCUT2D eigenvalue weighted by Gasteiger charge is -2.34. The summed E-state index contributed by atoms with van der Waals surface area (Å²) in [5, 5.41) is 1.06. The van der Waals surface area contributed by atoms with Crippen LogP contribution in [0, 0.1) is 0 Å². The second-order valence-electron chi connectivity index (χ2n) is 5.52. The summed E-state index contributed by atoms with van der Waals surface area (Å²) in [4.78, 5) is 11.7. The van der Waals surface area contributed by atoms with E-state index >= 15 is 0 Å². The monoisotopic (exact) mass is 267 g/mol. The topological polar surface area (TPSA) is 38.2 Å². The molecule has 2 aliphatic heterocycles. The molecule has 0 spiro atoms. The van der Waals surface area contributed by atoms with Crippen LogP contribution in [0.3, 0.4) is 0 Å². The highest BCUT2D eigenvalue weighted by Gasteiger charge is 2.38. The van der Waals surface area contributed by atoms with Crippen LogP contribution in [0.5, 0.6) is 0 Å². The van der Waals surface area contributed by atoms with E-state index in [0.717, 1.165) is 35.6 Å². The van der Waals surface area contributed by atoms with Crippen molar-refractivity contribution >= 4 is 22.9 Å². The molecule has 0 radical (unpaired) electrons. The molecule has 0 N–H and O–H groups in total. The Bertz CT molecular complexity index is 654.